The topological polar surface area (TPSA) is 71.1 Å². The van der Waals surface area contributed by atoms with Crippen LogP contribution in [0.4, 0.5) is 0 Å². The molecule has 6 heteroatoms. The van der Waals surface area contributed by atoms with E-state index in [1.54, 1.807) is 39.3 Å². The summed E-state index contributed by atoms with van der Waals surface area (Å²) in [6.45, 7) is 6.18. The van der Waals surface area contributed by atoms with Crippen molar-refractivity contribution in [2.24, 2.45) is 5.41 Å². The van der Waals surface area contributed by atoms with Crippen molar-refractivity contribution >= 4 is 11.9 Å². The SMILES string of the molecule is CCCCOC(=O)C(C)(Cc1ccc(OC)c(OC)c1)C(=O)OCCCC. The lowest BCUT2D eigenvalue weighted by Crippen LogP contribution is -2.41. The highest BCUT2D eigenvalue weighted by Crippen LogP contribution is 2.32. The van der Waals surface area contributed by atoms with Gasteiger partial charge in [0.05, 0.1) is 27.4 Å². The number of carbonyl (C=O) groups excluding carboxylic acids is 2. The van der Waals surface area contributed by atoms with Gasteiger partial charge in [-0.3, -0.25) is 9.59 Å². The van der Waals surface area contributed by atoms with Gasteiger partial charge in [-0.25, -0.2) is 0 Å². The summed E-state index contributed by atoms with van der Waals surface area (Å²) < 4.78 is 21.3. The molecule has 0 radical (unpaired) electrons. The van der Waals surface area contributed by atoms with Gasteiger partial charge in [-0.15, -0.1) is 0 Å². The molecule has 0 heterocycles. The first-order valence-electron chi connectivity index (χ1n) is 9.48. The van der Waals surface area contributed by atoms with Gasteiger partial charge in [-0.1, -0.05) is 32.8 Å². The van der Waals surface area contributed by atoms with Crippen molar-refractivity contribution in [3.8, 4) is 11.5 Å². The number of benzene rings is 1. The second kappa shape index (κ2) is 11.5. The minimum Gasteiger partial charge on any atom is -0.493 e. The Labute approximate surface area is 162 Å². The van der Waals surface area contributed by atoms with Crippen LogP contribution in [0.3, 0.4) is 0 Å². The molecule has 152 valence electrons. The van der Waals surface area contributed by atoms with Crippen molar-refractivity contribution in [2.45, 2.75) is 52.9 Å². The molecule has 0 unspecified atom stereocenters. The van der Waals surface area contributed by atoms with Crippen LogP contribution in [-0.2, 0) is 25.5 Å². The molecule has 0 N–H and O–H groups in total. The normalized spacial score (nSPS) is 11.0. The van der Waals surface area contributed by atoms with E-state index >= 15 is 0 Å². The number of ether oxygens (including phenoxy) is 4. The summed E-state index contributed by atoms with van der Waals surface area (Å²) in [4.78, 5) is 25.4. The van der Waals surface area contributed by atoms with Gasteiger partial charge >= 0.3 is 11.9 Å². The molecule has 1 aromatic rings. The van der Waals surface area contributed by atoms with E-state index in [1.807, 2.05) is 13.8 Å². The summed E-state index contributed by atoms with van der Waals surface area (Å²) >= 11 is 0. The Hall–Kier alpha value is -2.24. The molecule has 0 spiro atoms. The van der Waals surface area contributed by atoms with Gasteiger partial charge < -0.3 is 18.9 Å². The number of hydrogen-bond donors (Lipinski definition) is 0. The first-order valence-corrected chi connectivity index (χ1v) is 9.48. The Morgan fingerprint density at radius 2 is 1.41 bits per heavy atom. The van der Waals surface area contributed by atoms with Crippen molar-refractivity contribution in [2.75, 3.05) is 27.4 Å². The average molecular weight is 380 g/mol. The highest BCUT2D eigenvalue weighted by atomic mass is 16.6. The van der Waals surface area contributed by atoms with E-state index in [2.05, 4.69) is 0 Å². The summed E-state index contributed by atoms with van der Waals surface area (Å²) in [5.74, 6) is -0.00508. The number of methoxy groups -OCH3 is 2. The molecule has 1 rings (SSSR count). The first-order chi connectivity index (χ1) is 12.9. The predicted octanol–water partition coefficient (Wildman–Crippen LogP) is 3.94. The summed E-state index contributed by atoms with van der Waals surface area (Å²) in [6.07, 6.45) is 3.47. The maximum Gasteiger partial charge on any atom is 0.323 e. The molecule has 0 aliphatic carbocycles. The van der Waals surface area contributed by atoms with Crippen molar-refractivity contribution in [3.05, 3.63) is 23.8 Å². The Balaban J connectivity index is 3.05. The molecule has 0 saturated carbocycles. The quantitative estimate of drug-likeness (QED) is 0.311. The van der Waals surface area contributed by atoms with Gasteiger partial charge in [-0.05, 0) is 43.9 Å². The van der Waals surface area contributed by atoms with Crippen LogP contribution in [0.5, 0.6) is 11.5 Å². The highest BCUT2D eigenvalue weighted by molar-refractivity contribution is 6.00. The third kappa shape index (κ3) is 6.45. The molecule has 0 saturated heterocycles. The Bertz CT molecular complexity index is 589. The van der Waals surface area contributed by atoms with Crippen molar-refractivity contribution < 1.29 is 28.5 Å². The zero-order chi connectivity index (χ0) is 20.3. The summed E-state index contributed by atoms with van der Waals surface area (Å²) in [7, 11) is 3.09. The zero-order valence-corrected chi connectivity index (χ0v) is 17.1. The third-order valence-electron chi connectivity index (χ3n) is 4.37. The van der Waals surface area contributed by atoms with E-state index in [0.29, 0.717) is 24.7 Å². The van der Waals surface area contributed by atoms with E-state index in [-0.39, 0.29) is 6.42 Å². The standard InChI is InChI=1S/C21H32O6/c1-6-8-12-26-19(22)21(3,20(23)27-13-9-7-2)15-16-10-11-17(24-4)18(14-16)25-5/h10-11,14H,6-9,12-13,15H2,1-5H3. The van der Waals surface area contributed by atoms with E-state index < -0.39 is 17.4 Å². The van der Waals surface area contributed by atoms with Crippen LogP contribution in [0.2, 0.25) is 0 Å². The molecule has 0 amide bonds. The number of rotatable bonds is 12. The van der Waals surface area contributed by atoms with Crippen LogP contribution >= 0.6 is 0 Å². The van der Waals surface area contributed by atoms with Crippen LogP contribution in [0.25, 0.3) is 0 Å². The summed E-state index contributed by atoms with van der Waals surface area (Å²) in [5, 5.41) is 0. The van der Waals surface area contributed by atoms with E-state index in [0.717, 1.165) is 31.2 Å². The third-order valence-corrected chi connectivity index (χ3v) is 4.37. The van der Waals surface area contributed by atoms with Gasteiger partial charge in [-0.2, -0.15) is 0 Å². The first kappa shape index (κ1) is 22.8. The maximum atomic E-state index is 12.7. The Morgan fingerprint density at radius 1 is 0.889 bits per heavy atom. The second-order valence-electron chi connectivity index (χ2n) is 6.68. The molecule has 0 aliphatic rings. The van der Waals surface area contributed by atoms with E-state index in [1.165, 1.54) is 0 Å². The summed E-state index contributed by atoms with van der Waals surface area (Å²) in [5.41, 5.74) is -0.656. The average Bonchev–Trinajstić information content (AvgIpc) is 2.67. The molecule has 0 bridgehead atoms. The molecule has 0 aromatic heterocycles. The van der Waals surface area contributed by atoms with Gasteiger partial charge in [0.25, 0.3) is 0 Å². The van der Waals surface area contributed by atoms with Crippen molar-refractivity contribution in [3.63, 3.8) is 0 Å². The van der Waals surface area contributed by atoms with Gasteiger partial charge in [0.2, 0.25) is 0 Å². The number of carbonyl (C=O) groups is 2. The van der Waals surface area contributed by atoms with Gasteiger partial charge in [0, 0.05) is 0 Å². The Kier molecular flexibility index (Phi) is 9.68. The zero-order valence-electron chi connectivity index (χ0n) is 17.1. The largest absolute Gasteiger partial charge is 0.493 e. The van der Waals surface area contributed by atoms with E-state index in [9.17, 15) is 9.59 Å². The molecular formula is C21H32O6. The number of unbranched alkanes of at least 4 members (excludes halogenated alkanes) is 2. The summed E-state index contributed by atoms with van der Waals surface area (Å²) in [6, 6.07) is 5.31. The minimum absolute atomic E-state index is 0.156. The molecule has 0 aliphatic heterocycles. The lowest BCUT2D eigenvalue weighted by Gasteiger charge is -2.26. The lowest BCUT2D eigenvalue weighted by molar-refractivity contribution is -0.171. The van der Waals surface area contributed by atoms with Gasteiger partial charge in [0.1, 0.15) is 0 Å². The van der Waals surface area contributed by atoms with Crippen LogP contribution in [0.15, 0.2) is 18.2 Å². The fourth-order valence-electron chi connectivity index (χ4n) is 2.56. The number of esters is 2. The molecule has 6 nitrogen and oxygen atoms in total. The lowest BCUT2D eigenvalue weighted by atomic mass is 9.83. The smallest absolute Gasteiger partial charge is 0.323 e. The van der Waals surface area contributed by atoms with Crippen molar-refractivity contribution in [1.29, 1.82) is 0 Å². The highest BCUT2D eigenvalue weighted by Gasteiger charge is 2.44. The van der Waals surface area contributed by atoms with E-state index in [4.69, 9.17) is 18.9 Å². The van der Waals surface area contributed by atoms with Crippen LogP contribution in [0.1, 0.15) is 52.0 Å². The number of hydrogen-bond acceptors (Lipinski definition) is 6. The second-order valence-corrected chi connectivity index (χ2v) is 6.68. The molecule has 0 atom stereocenters. The molecule has 1 aromatic carbocycles. The van der Waals surface area contributed by atoms with Crippen LogP contribution < -0.4 is 9.47 Å². The van der Waals surface area contributed by atoms with Crippen LogP contribution in [0, 0.1) is 5.41 Å². The monoisotopic (exact) mass is 380 g/mol. The molecule has 0 fully saturated rings. The molecular weight excluding hydrogens is 348 g/mol. The van der Waals surface area contributed by atoms with Gasteiger partial charge in [0.15, 0.2) is 16.9 Å². The molecule has 27 heavy (non-hydrogen) atoms. The Morgan fingerprint density at radius 3 is 1.85 bits per heavy atom. The van der Waals surface area contributed by atoms with Crippen molar-refractivity contribution in [1.82, 2.24) is 0 Å². The van der Waals surface area contributed by atoms with Crippen LogP contribution in [-0.4, -0.2) is 39.4 Å². The fourth-order valence-corrected chi connectivity index (χ4v) is 2.56. The minimum atomic E-state index is -1.42. The maximum absolute atomic E-state index is 12.7. The predicted molar refractivity (Wildman–Crippen MR) is 103 cm³/mol. The fraction of sp³-hybridized carbons (Fsp3) is 0.619.